The number of aromatic nitrogens is 1. The number of para-hydroxylation sites is 1. The molecule has 6 heteroatoms. The monoisotopic (exact) mass is 250 g/mol. The first-order valence-corrected chi connectivity index (χ1v) is 5.71. The molecular weight excluding hydrogens is 239 g/mol. The molecule has 5 nitrogen and oxygen atoms in total. The van der Waals surface area contributed by atoms with Crippen LogP contribution in [0.3, 0.4) is 0 Å². The zero-order valence-electron chi connectivity index (χ0n) is 9.47. The second-order valence-electron chi connectivity index (χ2n) is 4.27. The van der Waals surface area contributed by atoms with Crippen LogP contribution in [-0.4, -0.2) is 28.6 Å². The Morgan fingerprint density at radius 1 is 1.56 bits per heavy atom. The van der Waals surface area contributed by atoms with Crippen molar-refractivity contribution in [2.75, 3.05) is 11.4 Å². The molecule has 1 fully saturated rings. The summed E-state index contributed by atoms with van der Waals surface area (Å²) in [6, 6.07) is 3.99. The van der Waals surface area contributed by atoms with Gasteiger partial charge in [-0.3, -0.25) is 0 Å². The van der Waals surface area contributed by atoms with Gasteiger partial charge in [0.15, 0.2) is 11.4 Å². The number of hydrogen-bond acceptors (Lipinski definition) is 4. The Labute approximate surface area is 102 Å². The van der Waals surface area contributed by atoms with Crippen molar-refractivity contribution in [3.63, 3.8) is 0 Å². The van der Waals surface area contributed by atoms with Gasteiger partial charge in [0.1, 0.15) is 11.6 Å². The molecule has 0 aliphatic carbocycles. The SMILES string of the molecule is O=C(O)C1CCCN1c1nc2c(F)cccc2o1. The molecule has 2 heterocycles. The smallest absolute Gasteiger partial charge is 0.326 e. The maximum atomic E-state index is 13.5. The van der Waals surface area contributed by atoms with Crippen LogP contribution in [0.25, 0.3) is 11.1 Å². The molecule has 1 unspecified atom stereocenters. The van der Waals surface area contributed by atoms with Gasteiger partial charge in [0.2, 0.25) is 0 Å². The standard InChI is InChI=1S/C12H11FN2O3/c13-7-3-1-5-9-10(7)14-12(18-9)15-6-2-4-8(15)11(16)17/h1,3,5,8H,2,4,6H2,(H,16,17). The maximum Gasteiger partial charge on any atom is 0.326 e. The number of carbonyl (C=O) groups is 1. The molecule has 1 aromatic heterocycles. The molecule has 18 heavy (non-hydrogen) atoms. The summed E-state index contributed by atoms with van der Waals surface area (Å²) in [6.45, 7) is 0.561. The second kappa shape index (κ2) is 3.97. The molecule has 0 radical (unpaired) electrons. The highest BCUT2D eigenvalue weighted by Gasteiger charge is 2.33. The van der Waals surface area contributed by atoms with E-state index in [-0.39, 0.29) is 11.5 Å². The van der Waals surface area contributed by atoms with Gasteiger partial charge in [-0.15, -0.1) is 0 Å². The number of nitrogens with zero attached hydrogens (tertiary/aromatic N) is 2. The number of benzene rings is 1. The fraction of sp³-hybridized carbons (Fsp3) is 0.333. The van der Waals surface area contributed by atoms with E-state index < -0.39 is 17.8 Å². The van der Waals surface area contributed by atoms with Gasteiger partial charge in [-0.05, 0) is 25.0 Å². The fourth-order valence-corrected chi connectivity index (χ4v) is 2.28. The normalized spacial score (nSPS) is 19.6. The largest absolute Gasteiger partial charge is 0.480 e. The van der Waals surface area contributed by atoms with Crippen molar-refractivity contribution >= 4 is 23.1 Å². The van der Waals surface area contributed by atoms with E-state index >= 15 is 0 Å². The zero-order valence-corrected chi connectivity index (χ0v) is 9.47. The minimum atomic E-state index is -0.907. The van der Waals surface area contributed by atoms with E-state index in [0.717, 1.165) is 6.42 Å². The average molecular weight is 250 g/mol. The maximum absolute atomic E-state index is 13.5. The van der Waals surface area contributed by atoms with E-state index in [1.807, 2.05) is 0 Å². The summed E-state index contributed by atoms with van der Waals surface area (Å²) >= 11 is 0. The van der Waals surface area contributed by atoms with Crippen LogP contribution >= 0.6 is 0 Å². The van der Waals surface area contributed by atoms with Gasteiger partial charge in [-0.1, -0.05) is 6.07 Å². The Hall–Kier alpha value is -2.11. The Morgan fingerprint density at radius 2 is 2.39 bits per heavy atom. The van der Waals surface area contributed by atoms with E-state index in [4.69, 9.17) is 9.52 Å². The van der Waals surface area contributed by atoms with Crippen LogP contribution in [0.4, 0.5) is 10.4 Å². The molecular formula is C12H11FN2O3. The van der Waals surface area contributed by atoms with E-state index in [0.29, 0.717) is 18.5 Å². The molecule has 0 bridgehead atoms. The summed E-state index contributed by atoms with van der Waals surface area (Å²) in [5.74, 6) is -1.37. The number of aliphatic carboxylic acids is 1. The van der Waals surface area contributed by atoms with E-state index in [2.05, 4.69) is 4.98 Å². The molecule has 0 saturated carbocycles. The third kappa shape index (κ3) is 1.61. The molecule has 1 aliphatic heterocycles. The van der Waals surface area contributed by atoms with Crippen molar-refractivity contribution in [1.29, 1.82) is 0 Å². The van der Waals surface area contributed by atoms with Gasteiger partial charge < -0.3 is 14.4 Å². The highest BCUT2D eigenvalue weighted by Crippen LogP contribution is 2.29. The number of rotatable bonds is 2. The lowest BCUT2D eigenvalue weighted by atomic mass is 10.2. The minimum Gasteiger partial charge on any atom is -0.480 e. The predicted molar refractivity (Wildman–Crippen MR) is 62.0 cm³/mol. The molecule has 0 spiro atoms. The lowest BCUT2D eigenvalue weighted by Crippen LogP contribution is -2.36. The van der Waals surface area contributed by atoms with Crippen LogP contribution in [0.2, 0.25) is 0 Å². The third-order valence-corrected chi connectivity index (χ3v) is 3.14. The summed E-state index contributed by atoms with van der Waals surface area (Å²) in [6.07, 6.45) is 1.31. The van der Waals surface area contributed by atoms with Crippen molar-refractivity contribution < 1.29 is 18.7 Å². The summed E-state index contributed by atoms with van der Waals surface area (Å²) in [7, 11) is 0. The van der Waals surface area contributed by atoms with Crippen LogP contribution in [0.5, 0.6) is 0 Å². The van der Waals surface area contributed by atoms with Crippen LogP contribution in [-0.2, 0) is 4.79 Å². The number of carboxylic acid groups (broad SMARTS) is 1. The Kier molecular flexibility index (Phi) is 2.43. The first kappa shape index (κ1) is 11.0. The summed E-state index contributed by atoms with van der Waals surface area (Å²) in [4.78, 5) is 16.7. The number of oxazole rings is 1. The van der Waals surface area contributed by atoms with Crippen molar-refractivity contribution in [3.8, 4) is 0 Å². The average Bonchev–Trinajstić information content (AvgIpc) is 2.95. The topological polar surface area (TPSA) is 66.6 Å². The second-order valence-corrected chi connectivity index (χ2v) is 4.27. The van der Waals surface area contributed by atoms with E-state index in [9.17, 15) is 9.18 Å². The highest BCUT2D eigenvalue weighted by atomic mass is 19.1. The Balaban J connectivity index is 2.04. The number of halogens is 1. The van der Waals surface area contributed by atoms with Gasteiger partial charge in [-0.25, -0.2) is 9.18 Å². The number of carboxylic acids is 1. The molecule has 2 aromatic rings. The van der Waals surface area contributed by atoms with Crippen LogP contribution in [0.15, 0.2) is 22.6 Å². The van der Waals surface area contributed by atoms with Crippen molar-refractivity contribution in [2.45, 2.75) is 18.9 Å². The van der Waals surface area contributed by atoms with E-state index in [1.165, 1.54) is 12.1 Å². The number of anilines is 1. The molecule has 1 atom stereocenters. The van der Waals surface area contributed by atoms with Gasteiger partial charge in [-0.2, -0.15) is 4.98 Å². The summed E-state index contributed by atoms with van der Waals surface area (Å²) < 4.78 is 18.9. The molecule has 1 saturated heterocycles. The molecule has 3 rings (SSSR count). The van der Waals surface area contributed by atoms with Crippen LogP contribution < -0.4 is 4.90 Å². The Morgan fingerprint density at radius 3 is 3.11 bits per heavy atom. The van der Waals surface area contributed by atoms with Gasteiger partial charge in [0.25, 0.3) is 6.01 Å². The van der Waals surface area contributed by atoms with Gasteiger partial charge >= 0.3 is 5.97 Å². The minimum absolute atomic E-state index is 0.142. The molecule has 0 amide bonds. The molecule has 1 aliphatic rings. The first-order chi connectivity index (χ1) is 8.66. The highest BCUT2D eigenvalue weighted by molar-refractivity contribution is 5.80. The van der Waals surface area contributed by atoms with Crippen LogP contribution in [0.1, 0.15) is 12.8 Å². The van der Waals surface area contributed by atoms with Crippen molar-refractivity contribution in [1.82, 2.24) is 4.98 Å². The molecule has 94 valence electrons. The number of fused-ring (bicyclic) bond motifs is 1. The quantitative estimate of drug-likeness (QED) is 0.883. The van der Waals surface area contributed by atoms with E-state index in [1.54, 1.807) is 11.0 Å². The predicted octanol–water partition coefficient (Wildman–Crippen LogP) is 2.02. The number of hydrogen-bond donors (Lipinski definition) is 1. The van der Waals surface area contributed by atoms with Crippen molar-refractivity contribution in [3.05, 3.63) is 24.0 Å². The third-order valence-electron chi connectivity index (χ3n) is 3.14. The zero-order chi connectivity index (χ0) is 12.7. The molecule has 1 N–H and O–H groups in total. The lowest BCUT2D eigenvalue weighted by molar-refractivity contribution is -0.138. The fourth-order valence-electron chi connectivity index (χ4n) is 2.28. The Bertz CT molecular complexity index is 610. The van der Waals surface area contributed by atoms with Gasteiger partial charge in [0.05, 0.1) is 0 Å². The summed E-state index contributed by atoms with van der Waals surface area (Å²) in [5, 5.41) is 9.09. The van der Waals surface area contributed by atoms with Crippen LogP contribution in [0, 0.1) is 5.82 Å². The lowest BCUT2D eigenvalue weighted by Gasteiger charge is -2.18. The first-order valence-electron chi connectivity index (χ1n) is 5.71. The summed E-state index contributed by atoms with van der Waals surface area (Å²) in [5.41, 5.74) is 0.476. The van der Waals surface area contributed by atoms with Gasteiger partial charge in [0, 0.05) is 6.54 Å². The molecule has 1 aromatic carbocycles. The van der Waals surface area contributed by atoms with Crippen molar-refractivity contribution in [2.24, 2.45) is 0 Å².